The molecule has 5 rings (SSSR count). The predicted molar refractivity (Wildman–Crippen MR) is 126 cm³/mol. The second-order valence-corrected chi connectivity index (χ2v) is 8.05. The maximum Gasteiger partial charge on any atom is 0.254 e. The van der Waals surface area contributed by atoms with Gasteiger partial charge in [0.05, 0.1) is 16.8 Å². The number of hydrogen-bond acceptors (Lipinski definition) is 3. The number of carbonyl (C=O) groups excluding carboxylic acids is 1. The lowest BCUT2D eigenvalue weighted by molar-refractivity contribution is 0.0748. The molecule has 4 aromatic rings. The first-order valence-electron chi connectivity index (χ1n) is 10.8. The number of benzene rings is 3. The average Bonchev–Trinajstić information content (AvgIpc) is 2.84. The zero-order valence-corrected chi connectivity index (χ0v) is 17.7. The number of aromatic nitrogens is 1. The fourth-order valence-corrected chi connectivity index (χ4v) is 4.20. The summed E-state index contributed by atoms with van der Waals surface area (Å²) in [5.74, 6) is 0.0830. The summed E-state index contributed by atoms with van der Waals surface area (Å²) in [6.45, 7) is 5.17. The van der Waals surface area contributed by atoms with Crippen molar-refractivity contribution >= 4 is 22.5 Å². The lowest BCUT2D eigenvalue weighted by Crippen LogP contribution is -2.48. The molecule has 1 saturated heterocycles. The van der Waals surface area contributed by atoms with Gasteiger partial charge in [-0.15, -0.1) is 0 Å². The molecule has 1 aromatic heterocycles. The highest BCUT2D eigenvalue weighted by molar-refractivity contribution is 6.07. The van der Waals surface area contributed by atoms with Gasteiger partial charge in [0.15, 0.2) is 0 Å². The van der Waals surface area contributed by atoms with Crippen molar-refractivity contribution in [3.05, 3.63) is 96.1 Å². The van der Waals surface area contributed by atoms with Crippen LogP contribution in [0.2, 0.25) is 0 Å². The Morgan fingerprint density at radius 1 is 0.806 bits per heavy atom. The van der Waals surface area contributed by atoms with Crippen LogP contribution in [0.15, 0.2) is 84.9 Å². The monoisotopic (exact) mass is 407 g/mol. The molecule has 1 aliphatic heterocycles. The molecule has 0 unspecified atom stereocenters. The van der Waals surface area contributed by atoms with Crippen molar-refractivity contribution in [3.8, 4) is 11.3 Å². The van der Waals surface area contributed by atoms with E-state index in [0.29, 0.717) is 13.1 Å². The largest absolute Gasteiger partial charge is 0.368 e. The first-order chi connectivity index (χ1) is 15.2. The molecule has 154 valence electrons. The lowest BCUT2D eigenvalue weighted by atomic mass is 10.0. The molecule has 1 aliphatic rings. The third kappa shape index (κ3) is 3.89. The van der Waals surface area contributed by atoms with Gasteiger partial charge in [-0.05, 0) is 31.2 Å². The third-order valence-corrected chi connectivity index (χ3v) is 5.98. The average molecular weight is 408 g/mol. The Morgan fingerprint density at radius 2 is 1.48 bits per heavy atom. The molecule has 0 saturated carbocycles. The molecule has 0 atom stereocenters. The van der Waals surface area contributed by atoms with Crippen LogP contribution in [0.1, 0.15) is 15.9 Å². The van der Waals surface area contributed by atoms with Crippen LogP contribution in [-0.2, 0) is 0 Å². The van der Waals surface area contributed by atoms with E-state index in [-0.39, 0.29) is 5.91 Å². The van der Waals surface area contributed by atoms with E-state index in [1.165, 1.54) is 11.3 Å². The molecule has 4 heteroatoms. The van der Waals surface area contributed by atoms with Crippen molar-refractivity contribution in [1.29, 1.82) is 0 Å². The summed E-state index contributed by atoms with van der Waals surface area (Å²) < 4.78 is 0. The van der Waals surface area contributed by atoms with Crippen molar-refractivity contribution in [2.24, 2.45) is 0 Å². The number of hydrogen-bond donors (Lipinski definition) is 0. The van der Waals surface area contributed by atoms with Gasteiger partial charge in [-0.3, -0.25) is 4.79 Å². The molecule has 0 spiro atoms. The minimum Gasteiger partial charge on any atom is -0.368 e. The van der Waals surface area contributed by atoms with Crippen LogP contribution in [0.4, 0.5) is 5.69 Å². The summed E-state index contributed by atoms with van der Waals surface area (Å²) in [4.78, 5) is 22.7. The van der Waals surface area contributed by atoms with Gasteiger partial charge in [0.1, 0.15) is 0 Å². The Bertz CT molecular complexity index is 1210. The number of para-hydroxylation sites is 2. The highest BCUT2D eigenvalue weighted by Crippen LogP contribution is 2.27. The minimum absolute atomic E-state index is 0.0830. The molecule has 3 aromatic carbocycles. The number of piperazine rings is 1. The van der Waals surface area contributed by atoms with Gasteiger partial charge in [0.25, 0.3) is 5.91 Å². The van der Waals surface area contributed by atoms with E-state index in [9.17, 15) is 4.79 Å². The van der Waals surface area contributed by atoms with Gasteiger partial charge in [-0.25, -0.2) is 4.98 Å². The van der Waals surface area contributed by atoms with E-state index in [4.69, 9.17) is 4.98 Å². The van der Waals surface area contributed by atoms with E-state index < -0.39 is 0 Å². The molecule has 0 N–H and O–H groups in total. The third-order valence-electron chi connectivity index (χ3n) is 5.98. The number of fused-ring (bicyclic) bond motifs is 1. The Balaban J connectivity index is 1.45. The molecule has 2 heterocycles. The van der Waals surface area contributed by atoms with E-state index in [0.717, 1.165) is 40.8 Å². The maximum atomic E-state index is 13.6. The molecule has 0 radical (unpaired) electrons. The Kier molecular flexibility index (Phi) is 5.13. The number of pyridine rings is 1. The summed E-state index contributed by atoms with van der Waals surface area (Å²) >= 11 is 0. The number of anilines is 1. The first kappa shape index (κ1) is 19.3. The van der Waals surface area contributed by atoms with Gasteiger partial charge in [-0.1, -0.05) is 66.2 Å². The van der Waals surface area contributed by atoms with Gasteiger partial charge >= 0.3 is 0 Å². The van der Waals surface area contributed by atoms with Crippen molar-refractivity contribution in [3.63, 3.8) is 0 Å². The number of aryl methyl sites for hydroxylation is 1. The molecular formula is C27H25N3O. The number of rotatable bonds is 3. The highest BCUT2D eigenvalue weighted by Gasteiger charge is 2.24. The Morgan fingerprint density at radius 3 is 2.23 bits per heavy atom. The number of nitrogens with zero attached hydrogens (tertiary/aromatic N) is 3. The molecule has 4 nitrogen and oxygen atoms in total. The predicted octanol–water partition coefficient (Wildman–Crippen LogP) is 5.17. The van der Waals surface area contributed by atoms with E-state index in [2.05, 4.69) is 60.4 Å². The van der Waals surface area contributed by atoms with E-state index in [1.807, 2.05) is 41.3 Å². The zero-order chi connectivity index (χ0) is 21.2. The number of amides is 1. The van der Waals surface area contributed by atoms with Crippen LogP contribution in [0.5, 0.6) is 0 Å². The highest BCUT2D eigenvalue weighted by atomic mass is 16.2. The van der Waals surface area contributed by atoms with Crippen LogP contribution in [0.25, 0.3) is 22.2 Å². The van der Waals surface area contributed by atoms with Crippen LogP contribution in [0.3, 0.4) is 0 Å². The van der Waals surface area contributed by atoms with Gasteiger partial charge in [0.2, 0.25) is 0 Å². The molecule has 31 heavy (non-hydrogen) atoms. The van der Waals surface area contributed by atoms with E-state index >= 15 is 0 Å². The summed E-state index contributed by atoms with van der Waals surface area (Å²) in [6, 6.07) is 28.6. The van der Waals surface area contributed by atoms with Crippen molar-refractivity contribution in [2.75, 3.05) is 31.1 Å². The summed E-state index contributed by atoms with van der Waals surface area (Å²) in [7, 11) is 0. The lowest BCUT2D eigenvalue weighted by Gasteiger charge is -2.36. The standard InChI is InChI=1S/C27H25N3O/c1-20-11-13-21(14-12-20)26-19-24(23-9-5-6-10-25(23)28-26)27(31)30-17-15-29(16-18-30)22-7-3-2-4-8-22/h2-14,19H,15-18H2,1H3. The first-order valence-corrected chi connectivity index (χ1v) is 10.8. The fourth-order valence-electron chi connectivity index (χ4n) is 4.20. The fraction of sp³-hybridized carbons (Fsp3) is 0.185. The molecule has 1 fully saturated rings. The van der Waals surface area contributed by atoms with Crippen LogP contribution in [0, 0.1) is 6.92 Å². The maximum absolute atomic E-state index is 13.6. The molecule has 1 amide bonds. The van der Waals surface area contributed by atoms with Crippen LogP contribution in [-0.4, -0.2) is 42.0 Å². The van der Waals surface area contributed by atoms with Gasteiger partial charge < -0.3 is 9.80 Å². The number of carbonyl (C=O) groups is 1. The molecule has 0 aliphatic carbocycles. The quantitative estimate of drug-likeness (QED) is 0.470. The van der Waals surface area contributed by atoms with Crippen LogP contribution < -0.4 is 4.90 Å². The van der Waals surface area contributed by atoms with Gasteiger partial charge in [0, 0.05) is 42.8 Å². The topological polar surface area (TPSA) is 36.4 Å². The van der Waals surface area contributed by atoms with Gasteiger partial charge in [-0.2, -0.15) is 0 Å². The Hall–Kier alpha value is -3.66. The second kappa shape index (κ2) is 8.23. The molecular weight excluding hydrogens is 382 g/mol. The van der Waals surface area contributed by atoms with Crippen molar-refractivity contribution in [2.45, 2.75) is 6.92 Å². The van der Waals surface area contributed by atoms with Crippen molar-refractivity contribution in [1.82, 2.24) is 9.88 Å². The van der Waals surface area contributed by atoms with Crippen LogP contribution >= 0.6 is 0 Å². The summed E-state index contributed by atoms with van der Waals surface area (Å²) in [6.07, 6.45) is 0. The van der Waals surface area contributed by atoms with Crippen molar-refractivity contribution < 1.29 is 4.79 Å². The minimum atomic E-state index is 0.0830. The second-order valence-electron chi connectivity index (χ2n) is 8.05. The zero-order valence-electron chi connectivity index (χ0n) is 17.7. The smallest absolute Gasteiger partial charge is 0.254 e. The van der Waals surface area contributed by atoms with E-state index in [1.54, 1.807) is 0 Å². The normalized spacial score (nSPS) is 14.1. The summed E-state index contributed by atoms with van der Waals surface area (Å²) in [5, 5.41) is 0.911. The molecule has 0 bridgehead atoms. The SMILES string of the molecule is Cc1ccc(-c2cc(C(=O)N3CCN(c4ccccc4)CC3)c3ccccc3n2)cc1. The summed E-state index contributed by atoms with van der Waals surface area (Å²) in [5.41, 5.74) is 5.87. The Labute approximate surface area is 182 Å².